The minimum atomic E-state index is 0.896. The second-order valence-electron chi connectivity index (χ2n) is 4.15. The van der Waals surface area contributed by atoms with Crippen molar-refractivity contribution in [2.75, 3.05) is 0 Å². The standard InChI is InChI=1S/C14H17N2/c1-11-6-5-9-16(13(11)3)10-14-7-4-8-15-12(14)2/h4-9H,10H2,1-3H3/q+1. The van der Waals surface area contributed by atoms with E-state index in [0.717, 1.165) is 12.2 Å². The number of rotatable bonds is 2. The first kappa shape index (κ1) is 10.8. The first-order valence-electron chi connectivity index (χ1n) is 5.54. The van der Waals surface area contributed by atoms with Crippen LogP contribution in [0.3, 0.4) is 0 Å². The van der Waals surface area contributed by atoms with Gasteiger partial charge < -0.3 is 0 Å². The fraction of sp³-hybridized carbons (Fsp3) is 0.286. The van der Waals surface area contributed by atoms with Crippen LogP contribution in [0.4, 0.5) is 0 Å². The van der Waals surface area contributed by atoms with Gasteiger partial charge in [0.1, 0.15) is 0 Å². The minimum absolute atomic E-state index is 0.896. The quantitative estimate of drug-likeness (QED) is 0.700. The van der Waals surface area contributed by atoms with Gasteiger partial charge in [0.2, 0.25) is 0 Å². The maximum absolute atomic E-state index is 4.31. The van der Waals surface area contributed by atoms with E-state index in [9.17, 15) is 0 Å². The molecule has 0 saturated carbocycles. The normalized spacial score (nSPS) is 10.4. The van der Waals surface area contributed by atoms with E-state index in [2.05, 4.69) is 54.7 Å². The average molecular weight is 213 g/mol. The van der Waals surface area contributed by atoms with Crippen molar-refractivity contribution in [2.45, 2.75) is 27.3 Å². The summed E-state index contributed by atoms with van der Waals surface area (Å²) in [7, 11) is 0. The zero-order chi connectivity index (χ0) is 11.5. The van der Waals surface area contributed by atoms with Crippen LogP contribution in [-0.2, 0) is 6.54 Å². The lowest BCUT2D eigenvalue weighted by Gasteiger charge is -2.04. The lowest BCUT2D eigenvalue weighted by Crippen LogP contribution is -2.38. The van der Waals surface area contributed by atoms with Gasteiger partial charge in [-0.2, -0.15) is 4.57 Å². The largest absolute Gasteiger partial charge is 0.261 e. The highest BCUT2D eigenvalue weighted by Crippen LogP contribution is 2.05. The topological polar surface area (TPSA) is 16.8 Å². The Morgan fingerprint density at radius 3 is 2.69 bits per heavy atom. The molecule has 0 spiro atoms. The van der Waals surface area contributed by atoms with Gasteiger partial charge in [0, 0.05) is 36.0 Å². The maximum atomic E-state index is 4.31. The van der Waals surface area contributed by atoms with Gasteiger partial charge in [0.05, 0.1) is 0 Å². The molecule has 0 atom stereocenters. The Morgan fingerprint density at radius 1 is 1.12 bits per heavy atom. The molecule has 0 saturated heterocycles. The molecule has 2 heteroatoms. The molecule has 2 rings (SSSR count). The summed E-state index contributed by atoms with van der Waals surface area (Å²) in [4.78, 5) is 4.31. The molecule has 82 valence electrons. The monoisotopic (exact) mass is 213 g/mol. The van der Waals surface area contributed by atoms with Crippen LogP contribution in [0.2, 0.25) is 0 Å². The average Bonchev–Trinajstić information content (AvgIpc) is 2.28. The maximum Gasteiger partial charge on any atom is 0.181 e. The highest BCUT2D eigenvalue weighted by molar-refractivity contribution is 5.17. The van der Waals surface area contributed by atoms with Crippen molar-refractivity contribution in [1.29, 1.82) is 0 Å². The summed E-state index contributed by atoms with van der Waals surface area (Å²) in [6.07, 6.45) is 3.96. The summed E-state index contributed by atoms with van der Waals surface area (Å²) in [6, 6.07) is 8.36. The lowest BCUT2D eigenvalue weighted by molar-refractivity contribution is -0.694. The first-order valence-corrected chi connectivity index (χ1v) is 5.54. The molecule has 0 radical (unpaired) electrons. The molecule has 0 amide bonds. The predicted octanol–water partition coefficient (Wildman–Crippen LogP) is 2.34. The Balaban J connectivity index is 2.35. The van der Waals surface area contributed by atoms with Gasteiger partial charge in [-0.1, -0.05) is 0 Å². The van der Waals surface area contributed by atoms with Crippen molar-refractivity contribution in [3.05, 3.63) is 59.2 Å². The molecule has 0 aliphatic rings. The number of nitrogens with zero attached hydrogens (tertiary/aromatic N) is 2. The molecule has 0 bridgehead atoms. The highest BCUT2D eigenvalue weighted by atomic mass is 15.0. The molecule has 16 heavy (non-hydrogen) atoms. The van der Waals surface area contributed by atoms with Gasteiger partial charge in [-0.3, -0.25) is 4.98 Å². The van der Waals surface area contributed by atoms with Gasteiger partial charge in [-0.25, -0.2) is 0 Å². The summed E-state index contributed by atoms with van der Waals surface area (Å²) < 4.78 is 2.26. The zero-order valence-corrected chi connectivity index (χ0v) is 10.1. The van der Waals surface area contributed by atoms with Gasteiger partial charge in [-0.05, 0) is 32.0 Å². The minimum Gasteiger partial charge on any atom is -0.261 e. The molecule has 0 aliphatic heterocycles. The Morgan fingerprint density at radius 2 is 1.94 bits per heavy atom. The summed E-state index contributed by atoms with van der Waals surface area (Å²) in [5.74, 6) is 0. The third-order valence-corrected chi connectivity index (χ3v) is 3.07. The van der Waals surface area contributed by atoms with E-state index in [1.54, 1.807) is 0 Å². The summed E-state index contributed by atoms with van der Waals surface area (Å²) >= 11 is 0. The van der Waals surface area contributed by atoms with E-state index >= 15 is 0 Å². The molecule has 2 aromatic rings. The zero-order valence-electron chi connectivity index (χ0n) is 10.1. The number of aromatic nitrogens is 2. The van der Waals surface area contributed by atoms with Gasteiger partial charge in [-0.15, -0.1) is 0 Å². The van der Waals surface area contributed by atoms with Crippen molar-refractivity contribution in [3.8, 4) is 0 Å². The Kier molecular flexibility index (Phi) is 3.00. The van der Waals surface area contributed by atoms with Gasteiger partial charge >= 0.3 is 0 Å². The third kappa shape index (κ3) is 2.11. The van der Waals surface area contributed by atoms with Gasteiger partial charge in [0.25, 0.3) is 0 Å². The van der Waals surface area contributed by atoms with E-state index in [0.29, 0.717) is 0 Å². The Hall–Kier alpha value is -1.70. The lowest BCUT2D eigenvalue weighted by atomic mass is 10.1. The molecular weight excluding hydrogens is 196 g/mol. The van der Waals surface area contributed by atoms with Crippen molar-refractivity contribution in [2.24, 2.45) is 0 Å². The van der Waals surface area contributed by atoms with Crippen LogP contribution in [0.1, 0.15) is 22.5 Å². The highest BCUT2D eigenvalue weighted by Gasteiger charge is 2.10. The van der Waals surface area contributed by atoms with E-state index in [4.69, 9.17) is 0 Å². The smallest absolute Gasteiger partial charge is 0.181 e. The van der Waals surface area contributed by atoms with Crippen molar-refractivity contribution >= 4 is 0 Å². The molecule has 0 N–H and O–H groups in total. The molecule has 2 aromatic heterocycles. The van der Waals surface area contributed by atoms with Gasteiger partial charge in [0.15, 0.2) is 18.4 Å². The first-order chi connectivity index (χ1) is 7.68. The molecule has 0 unspecified atom stereocenters. The van der Waals surface area contributed by atoms with Crippen LogP contribution in [0.5, 0.6) is 0 Å². The van der Waals surface area contributed by atoms with Crippen molar-refractivity contribution in [1.82, 2.24) is 4.98 Å². The van der Waals surface area contributed by atoms with E-state index in [1.165, 1.54) is 16.8 Å². The molecule has 2 heterocycles. The van der Waals surface area contributed by atoms with E-state index in [1.807, 2.05) is 12.3 Å². The SMILES string of the molecule is Cc1ccc[n+](Cc2cccnc2C)c1C. The predicted molar refractivity (Wildman–Crippen MR) is 64.2 cm³/mol. The number of pyridine rings is 2. The van der Waals surface area contributed by atoms with Crippen LogP contribution in [-0.4, -0.2) is 4.98 Å². The molecule has 0 aromatic carbocycles. The summed E-state index contributed by atoms with van der Waals surface area (Å²) in [5.41, 5.74) is 5.02. The summed E-state index contributed by atoms with van der Waals surface area (Å²) in [5, 5.41) is 0. The van der Waals surface area contributed by atoms with E-state index < -0.39 is 0 Å². The number of hydrogen-bond donors (Lipinski definition) is 0. The Labute approximate surface area is 96.6 Å². The number of aryl methyl sites for hydroxylation is 2. The molecule has 2 nitrogen and oxygen atoms in total. The van der Waals surface area contributed by atoms with Crippen LogP contribution < -0.4 is 4.57 Å². The van der Waals surface area contributed by atoms with Crippen LogP contribution >= 0.6 is 0 Å². The molecule has 0 fully saturated rings. The van der Waals surface area contributed by atoms with E-state index in [-0.39, 0.29) is 0 Å². The van der Waals surface area contributed by atoms with Crippen LogP contribution in [0.15, 0.2) is 36.7 Å². The number of hydrogen-bond acceptors (Lipinski definition) is 1. The molecular formula is C14H17N2+. The third-order valence-electron chi connectivity index (χ3n) is 3.07. The summed E-state index contributed by atoms with van der Waals surface area (Å²) in [6.45, 7) is 7.25. The fourth-order valence-corrected chi connectivity index (χ4v) is 1.79. The Bertz CT molecular complexity index is 504. The van der Waals surface area contributed by atoms with Crippen LogP contribution in [0.25, 0.3) is 0 Å². The van der Waals surface area contributed by atoms with Crippen molar-refractivity contribution in [3.63, 3.8) is 0 Å². The van der Waals surface area contributed by atoms with Crippen molar-refractivity contribution < 1.29 is 4.57 Å². The van der Waals surface area contributed by atoms with Crippen LogP contribution in [0, 0.1) is 20.8 Å². The molecule has 0 aliphatic carbocycles. The fourth-order valence-electron chi connectivity index (χ4n) is 1.79. The second-order valence-corrected chi connectivity index (χ2v) is 4.15. The second kappa shape index (κ2) is 4.44.